The van der Waals surface area contributed by atoms with Crippen LogP contribution in [0, 0.1) is 11.8 Å². The van der Waals surface area contributed by atoms with Crippen LogP contribution < -0.4 is 30.2 Å². The highest BCUT2D eigenvalue weighted by atomic mass is 32.2. The van der Waals surface area contributed by atoms with Crippen molar-refractivity contribution in [2.24, 2.45) is 11.8 Å². The highest BCUT2D eigenvalue weighted by Gasteiger charge is 2.32. The maximum absolute atomic E-state index is 12.7. The number of allylic oxidation sites excluding steroid dienone is 2. The van der Waals surface area contributed by atoms with Crippen LogP contribution in [0.4, 0.5) is 24.9 Å². The van der Waals surface area contributed by atoms with Crippen LogP contribution in [0.1, 0.15) is 38.5 Å². The molecule has 2 aliphatic carbocycles. The van der Waals surface area contributed by atoms with E-state index in [0.29, 0.717) is 24.3 Å². The van der Waals surface area contributed by atoms with Crippen molar-refractivity contribution in [3.8, 4) is 5.75 Å². The number of nitrogens with zero attached hydrogens (tertiary/aromatic N) is 3. The SMILES string of the molecule is CN(C)c1nc(NCC2CCC[C@@H](CNS(=O)c3ccccc3OC(F)(F)F)CC2)nc2c1=CC=CCC=2. The van der Waals surface area contributed by atoms with Gasteiger partial charge in [-0.15, -0.1) is 13.2 Å². The Labute approximate surface area is 223 Å². The van der Waals surface area contributed by atoms with E-state index >= 15 is 0 Å². The van der Waals surface area contributed by atoms with Crippen molar-refractivity contribution in [3.63, 3.8) is 0 Å². The van der Waals surface area contributed by atoms with Crippen LogP contribution >= 0.6 is 0 Å². The van der Waals surface area contributed by atoms with Crippen molar-refractivity contribution in [3.05, 3.63) is 47.0 Å². The summed E-state index contributed by atoms with van der Waals surface area (Å²) in [5.74, 6) is 1.80. The van der Waals surface area contributed by atoms with Crippen LogP contribution in [0.5, 0.6) is 5.75 Å². The molecule has 0 saturated heterocycles. The van der Waals surface area contributed by atoms with E-state index in [-0.39, 0.29) is 4.90 Å². The number of anilines is 2. The molecule has 1 aromatic carbocycles. The molecule has 1 aromatic heterocycles. The van der Waals surface area contributed by atoms with Gasteiger partial charge >= 0.3 is 6.36 Å². The van der Waals surface area contributed by atoms with Gasteiger partial charge in [-0.3, -0.25) is 0 Å². The van der Waals surface area contributed by atoms with Crippen LogP contribution in [-0.4, -0.2) is 47.7 Å². The summed E-state index contributed by atoms with van der Waals surface area (Å²) in [6.07, 6.45) is 9.28. The minimum Gasteiger partial charge on any atom is -0.404 e. The highest BCUT2D eigenvalue weighted by molar-refractivity contribution is 7.83. The zero-order valence-corrected chi connectivity index (χ0v) is 22.4. The second-order valence-corrected chi connectivity index (χ2v) is 11.1. The number of rotatable bonds is 9. The van der Waals surface area contributed by atoms with Crippen molar-refractivity contribution in [2.45, 2.75) is 49.8 Å². The fourth-order valence-electron chi connectivity index (χ4n) is 4.82. The van der Waals surface area contributed by atoms with Gasteiger partial charge in [0, 0.05) is 32.4 Å². The molecule has 11 heteroatoms. The topological polar surface area (TPSA) is 79.4 Å². The number of hydrogen-bond acceptors (Lipinski definition) is 6. The number of nitrogens with one attached hydrogen (secondary N) is 2. The highest BCUT2D eigenvalue weighted by Crippen LogP contribution is 2.29. The Morgan fingerprint density at radius 2 is 1.82 bits per heavy atom. The summed E-state index contributed by atoms with van der Waals surface area (Å²) in [6, 6.07) is 5.53. The number of hydrogen-bond donors (Lipinski definition) is 2. The maximum Gasteiger partial charge on any atom is 0.573 e. The van der Waals surface area contributed by atoms with Gasteiger partial charge in [0.25, 0.3) is 0 Å². The van der Waals surface area contributed by atoms with Gasteiger partial charge in [0.2, 0.25) is 5.95 Å². The van der Waals surface area contributed by atoms with E-state index in [1.165, 1.54) is 18.2 Å². The molecule has 38 heavy (non-hydrogen) atoms. The lowest BCUT2D eigenvalue weighted by atomic mass is 9.98. The normalized spacial score (nSPS) is 20.2. The van der Waals surface area contributed by atoms with E-state index < -0.39 is 23.1 Å². The molecule has 0 amide bonds. The van der Waals surface area contributed by atoms with Crippen LogP contribution in [0.3, 0.4) is 0 Å². The molecule has 0 spiro atoms. The molecule has 0 radical (unpaired) electrons. The fourth-order valence-corrected chi connectivity index (χ4v) is 5.85. The van der Waals surface area contributed by atoms with E-state index in [9.17, 15) is 17.4 Å². The monoisotopic (exact) mass is 549 g/mol. The quantitative estimate of drug-likeness (QED) is 0.463. The zero-order valence-electron chi connectivity index (χ0n) is 21.6. The summed E-state index contributed by atoms with van der Waals surface area (Å²) in [6.45, 7) is 1.23. The maximum atomic E-state index is 12.7. The second-order valence-electron chi connectivity index (χ2n) is 9.83. The Kier molecular flexibility index (Phi) is 9.43. The summed E-state index contributed by atoms with van der Waals surface area (Å²) >= 11 is 0. The molecule has 3 atom stereocenters. The van der Waals surface area contributed by atoms with Crippen LogP contribution in [0.25, 0.3) is 12.2 Å². The lowest BCUT2D eigenvalue weighted by Gasteiger charge is -2.18. The molecule has 1 heterocycles. The van der Waals surface area contributed by atoms with Gasteiger partial charge in [-0.25, -0.2) is 13.9 Å². The van der Waals surface area contributed by atoms with E-state index in [4.69, 9.17) is 9.97 Å². The first-order valence-corrected chi connectivity index (χ1v) is 14.0. The Hall–Kier alpha value is -2.92. The van der Waals surface area contributed by atoms with E-state index in [0.717, 1.165) is 61.5 Å². The van der Waals surface area contributed by atoms with Gasteiger partial charge in [0.05, 0.1) is 10.2 Å². The molecule has 2 aliphatic rings. The first kappa shape index (κ1) is 28.1. The lowest BCUT2D eigenvalue weighted by molar-refractivity contribution is -0.275. The number of benzene rings is 1. The van der Waals surface area contributed by atoms with Crippen LogP contribution in [0.2, 0.25) is 0 Å². The van der Waals surface area contributed by atoms with Gasteiger partial charge in [-0.2, -0.15) is 4.98 Å². The number of fused-ring (bicyclic) bond motifs is 1. The molecular weight excluding hydrogens is 515 g/mol. The standard InChI is InChI=1S/C27H34F3N5O2S/c1-35(2)25-21-11-4-3-5-12-22(21)33-26(34-25)31-17-19-9-8-10-20(16-15-19)18-32-38(36)24-14-7-6-13-23(24)37-27(28,29)30/h3-4,6-7,11-14,19-20,32H,5,8-10,15-18H2,1-2H3,(H,31,33)/t19?,20-,38?/m1/s1. The lowest BCUT2D eigenvalue weighted by Crippen LogP contribution is -2.36. The largest absolute Gasteiger partial charge is 0.573 e. The molecule has 2 N–H and O–H groups in total. The predicted octanol–water partition coefficient (Wildman–Crippen LogP) is 3.88. The first-order valence-electron chi connectivity index (χ1n) is 12.9. The molecule has 0 bridgehead atoms. The van der Waals surface area contributed by atoms with Crippen molar-refractivity contribution < 1.29 is 22.1 Å². The first-order chi connectivity index (χ1) is 18.2. The average molecular weight is 550 g/mol. The molecule has 2 unspecified atom stereocenters. The summed E-state index contributed by atoms with van der Waals surface area (Å²) in [4.78, 5) is 11.5. The third kappa shape index (κ3) is 7.80. The average Bonchev–Trinajstić information content (AvgIpc) is 3.25. The van der Waals surface area contributed by atoms with Crippen molar-refractivity contribution in [2.75, 3.05) is 37.4 Å². The Balaban J connectivity index is 1.31. The van der Waals surface area contributed by atoms with Crippen molar-refractivity contribution >= 4 is 34.9 Å². The molecule has 2 aromatic rings. The zero-order chi connectivity index (χ0) is 27.1. The second kappa shape index (κ2) is 12.8. The molecule has 7 nitrogen and oxygen atoms in total. The van der Waals surface area contributed by atoms with Gasteiger partial charge in [0.15, 0.2) is 0 Å². The summed E-state index contributed by atoms with van der Waals surface area (Å²) < 4.78 is 57.8. The van der Waals surface area contributed by atoms with E-state index in [2.05, 4.69) is 26.9 Å². The minimum absolute atomic E-state index is 0.0102. The summed E-state index contributed by atoms with van der Waals surface area (Å²) in [7, 11) is 2.15. The van der Waals surface area contributed by atoms with Crippen molar-refractivity contribution in [1.29, 1.82) is 0 Å². The molecule has 4 rings (SSSR count). The molecule has 0 aliphatic heterocycles. The smallest absolute Gasteiger partial charge is 0.404 e. The third-order valence-corrected chi connectivity index (χ3v) is 7.92. The summed E-state index contributed by atoms with van der Waals surface area (Å²) in [5, 5.41) is 5.39. The van der Waals surface area contributed by atoms with Gasteiger partial charge in [-0.05, 0) is 62.1 Å². The number of ether oxygens (including phenoxy) is 1. The third-order valence-electron chi connectivity index (χ3n) is 6.76. The van der Waals surface area contributed by atoms with Gasteiger partial charge in [-0.1, -0.05) is 36.8 Å². The number of aromatic nitrogens is 2. The number of alkyl halides is 3. The van der Waals surface area contributed by atoms with Gasteiger partial charge < -0.3 is 15.0 Å². The van der Waals surface area contributed by atoms with E-state index in [1.54, 1.807) is 6.07 Å². The Morgan fingerprint density at radius 3 is 2.55 bits per heavy atom. The molecular formula is C27H34F3N5O2S. The van der Waals surface area contributed by atoms with Crippen LogP contribution in [0.15, 0.2) is 41.3 Å². The minimum atomic E-state index is -4.84. The molecule has 206 valence electrons. The predicted molar refractivity (Wildman–Crippen MR) is 144 cm³/mol. The fraction of sp³-hybridized carbons (Fsp3) is 0.481. The molecule has 1 saturated carbocycles. The molecule has 1 fully saturated rings. The van der Waals surface area contributed by atoms with E-state index in [1.807, 2.05) is 31.1 Å². The van der Waals surface area contributed by atoms with Crippen molar-refractivity contribution in [1.82, 2.24) is 14.7 Å². The Bertz CT molecular complexity index is 1280. The Morgan fingerprint density at radius 1 is 1.08 bits per heavy atom. The number of halogens is 3. The van der Waals surface area contributed by atoms with Gasteiger partial charge in [0.1, 0.15) is 22.6 Å². The van der Waals surface area contributed by atoms with Crippen LogP contribution in [-0.2, 0) is 11.0 Å². The summed E-state index contributed by atoms with van der Waals surface area (Å²) in [5.41, 5.74) is 0. The number of para-hydroxylation sites is 1.